The summed E-state index contributed by atoms with van der Waals surface area (Å²) in [6.45, 7) is 1.83. The Morgan fingerprint density at radius 1 is 1.25 bits per heavy atom. The number of nitro groups is 1. The van der Waals surface area contributed by atoms with Crippen molar-refractivity contribution in [1.29, 1.82) is 0 Å². The molecule has 0 spiro atoms. The number of rotatable bonds is 3. The van der Waals surface area contributed by atoms with Gasteiger partial charge in [-0.15, -0.1) is 0 Å². The molecule has 0 aliphatic heterocycles. The zero-order valence-electron chi connectivity index (χ0n) is 10.8. The van der Waals surface area contributed by atoms with E-state index in [1.54, 1.807) is 18.2 Å². The fourth-order valence-electron chi connectivity index (χ4n) is 1.55. The van der Waals surface area contributed by atoms with E-state index in [2.05, 4.69) is 7.66 Å². The van der Waals surface area contributed by atoms with Crippen molar-refractivity contribution in [2.24, 2.45) is 3.15 Å². The van der Waals surface area contributed by atoms with Crippen molar-refractivity contribution in [3.05, 3.63) is 61.7 Å². The monoisotopic (exact) mass is 384 g/mol. The highest BCUT2D eigenvalue weighted by Gasteiger charge is 2.03. The van der Waals surface area contributed by atoms with Crippen LogP contribution >= 0.6 is 19.2 Å². The van der Waals surface area contributed by atoms with Crippen LogP contribution in [0.25, 0.3) is 0 Å². The Bertz CT molecular complexity index is 733. The maximum absolute atomic E-state index is 10.6. The van der Waals surface area contributed by atoms with Gasteiger partial charge in [0.25, 0.3) is 5.69 Å². The summed E-state index contributed by atoms with van der Waals surface area (Å²) in [5, 5.41) is 20.1. The summed E-state index contributed by atoms with van der Waals surface area (Å²) in [7, 11) is 0. The lowest BCUT2D eigenvalue weighted by Crippen LogP contribution is -1.85. The van der Waals surface area contributed by atoms with E-state index in [4.69, 9.17) is 0 Å². The first-order valence-electron chi connectivity index (χ1n) is 5.72. The number of benzene rings is 2. The smallest absolute Gasteiger partial charge is 0.269 e. The summed E-state index contributed by atoms with van der Waals surface area (Å²) >= 11 is -1.97. The standard InChI is InChI=1S/C14H13IN2O3/c1-10-9-11(3-8-14(10)18)15(2)16-12-4-6-13(7-5-12)17(19)20/h3-9,18H,2H2,1H3. The van der Waals surface area contributed by atoms with Crippen LogP contribution in [0.1, 0.15) is 5.56 Å². The minimum Gasteiger partial charge on any atom is -0.508 e. The van der Waals surface area contributed by atoms with Gasteiger partial charge in [-0.3, -0.25) is 10.1 Å². The van der Waals surface area contributed by atoms with Crippen LogP contribution in [-0.4, -0.2) is 14.5 Å². The number of aryl methyl sites for hydroxylation is 1. The summed E-state index contributed by atoms with van der Waals surface area (Å²) in [6.07, 6.45) is 0. The molecule has 0 saturated heterocycles. The molecule has 0 unspecified atom stereocenters. The number of phenols is 1. The van der Waals surface area contributed by atoms with Crippen LogP contribution in [0.2, 0.25) is 0 Å². The van der Waals surface area contributed by atoms with E-state index in [-0.39, 0.29) is 11.4 Å². The van der Waals surface area contributed by atoms with E-state index < -0.39 is 24.1 Å². The Morgan fingerprint density at radius 2 is 1.90 bits per heavy atom. The van der Waals surface area contributed by atoms with Crippen molar-refractivity contribution in [1.82, 2.24) is 0 Å². The van der Waals surface area contributed by atoms with Crippen LogP contribution < -0.4 is 0 Å². The predicted molar refractivity (Wildman–Crippen MR) is 87.9 cm³/mol. The number of halogens is 1. The number of nitrogens with zero attached hydrogens (tertiary/aromatic N) is 2. The van der Waals surface area contributed by atoms with Gasteiger partial charge in [-0.2, -0.15) is 0 Å². The normalized spacial score (nSPS) is 12.2. The van der Waals surface area contributed by atoms with Crippen LogP contribution in [0, 0.1) is 20.6 Å². The molecule has 2 aromatic carbocycles. The van der Waals surface area contributed by atoms with E-state index in [1.165, 1.54) is 12.1 Å². The SMILES string of the molecule is C=I(=Nc1ccc([N+](=O)[O-])cc1)c1ccc(O)c(C)c1. The number of hydrogen-bond acceptors (Lipinski definition) is 4. The molecule has 0 aliphatic carbocycles. The van der Waals surface area contributed by atoms with E-state index in [9.17, 15) is 15.2 Å². The molecule has 2 rings (SSSR count). The molecule has 0 aliphatic rings. The Morgan fingerprint density at radius 3 is 2.45 bits per heavy atom. The van der Waals surface area contributed by atoms with Crippen molar-refractivity contribution < 1.29 is 10.0 Å². The van der Waals surface area contributed by atoms with Crippen molar-refractivity contribution in [2.75, 3.05) is 0 Å². The third-order valence-electron chi connectivity index (χ3n) is 2.67. The van der Waals surface area contributed by atoms with Crippen LogP contribution in [-0.2, 0) is 0 Å². The quantitative estimate of drug-likeness (QED) is 0.489. The summed E-state index contributed by atoms with van der Waals surface area (Å²) < 4.78 is 9.68. The minimum absolute atomic E-state index is 0.0499. The summed E-state index contributed by atoms with van der Waals surface area (Å²) in [4.78, 5) is 10.1. The third kappa shape index (κ3) is 3.32. The maximum atomic E-state index is 10.6. The largest absolute Gasteiger partial charge is 0.508 e. The second-order valence-corrected chi connectivity index (χ2v) is 7.78. The topological polar surface area (TPSA) is 75.7 Å². The number of phenolic OH excluding ortho intramolecular Hbond substituents is 1. The molecule has 6 heteroatoms. The second-order valence-electron chi connectivity index (χ2n) is 4.13. The molecule has 0 atom stereocenters. The molecule has 0 radical (unpaired) electrons. The second kappa shape index (κ2) is 6.00. The zero-order valence-corrected chi connectivity index (χ0v) is 12.9. The number of nitro benzene ring substituents is 1. The molecular formula is C14H13IN2O3. The van der Waals surface area contributed by atoms with Gasteiger partial charge in [0, 0.05) is 15.7 Å². The van der Waals surface area contributed by atoms with Gasteiger partial charge in [0.15, 0.2) is 0 Å². The number of aromatic hydroxyl groups is 1. The third-order valence-corrected chi connectivity index (χ3v) is 5.92. The van der Waals surface area contributed by atoms with Crippen LogP contribution in [0.15, 0.2) is 45.6 Å². The Balaban J connectivity index is 2.32. The van der Waals surface area contributed by atoms with E-state index in [0.717, 1.165) is 9.13 Å². The first-order valence-corrected chi connectivity index (χ1v) is 9.29. The molecule has 0 amide bonds. The maximum Gasteiger partial charge on any atom is 0.269 e. The van der Waals surface area contributed by atoms with Gasteiger partial charge in [-0.25, -0.2) is 3.15 Å². The molecule has 2 aromatic rings. The molecule has 20 heavy (non-hydrogen) atoms. The summed E-state index contributed by atoms with van der Waals surface area (Å²) in [5.41, 5.74) is 1.54. The van der Waals surface area contributed by atoms with Gasteiger partial charge in [-0.1, -0.05) is 4.51 Å². The summed E-state index contributed by atoms with van der Waals surface area (Å²) in [6, 6.07) is 11.5. The van der Waals surface area contributed by atoms with Gasteiger partial charge in [0.05, 0.1) is 10.6 Å². The molecule has 104 valence electrons. The molecule has 0 saturated carbocycles. The zero-order chi connectivity index (χ0) is 14.7. The fraction of sp³-hybridized carbons (Fsp3) is 0.0714. The Kier molecular flexibility index (Phi) is 4.33. The first kappa shape index (κ1) is 14.4. The average molecular weight is 384 g/mol. The van der Waals surface area contributed by atoms with Gasteiger partial charge in [-0.05, 0) is 62.0 Å². The van der Waals surface area contributed by atoms with Gasteiger partial charge in [0.2, 0.25) is 0 Å². The lowest BCUT2D eigenvalue weighted by atomic mass is 10.2. The van der Waals surface area contributed by atoms with Crippen molar-refractivity contribution >= 4 is 35.1 Å². The molecule has 0 heterocycles. The van der Waals surface area contributed by atoms with E-state index >= 15 is 0 Å². The molecule has 1 N–H and O–H groups in total. The highest BCUT2D eigenvalue weighted by molar-refractivity contribution is 14.2. The van der Waals surface area contributed by atoms with Gasteiger partial charge < -0.3 is 5.11 Å². The van der Waals surface area contributed by atoms with Crippen LogP contribution in [0.5, 0.6) is 5.75 Å². The highest BCUT2D eigenvalue weighted by atomic mass is 127. The Labute approximate surface area is 122 Å². The highest BCUT2D eigenvalue weighted by Crippen LogP contribution is 2.30. The molecular weight excluding hydrogens is 371 g/mol. The Hall–Kier alpha value is -1.96. The molecule has 5 nitrogen and oxygen atoms in total. The van der Waals surface area contributed by atoms with E-state index in [0.29, 0.717) is 5.69 Å². The lowest BCUT2D eigenvalue weighted by Gasteiger charge is -2.01. The van der Waals surface area contributed by atoms with Crippen molar-refractivity contribution in [2.45, 2.75) is 6.92 Å². The van der Waals surface area contributed by atoms with Crippen LogP contribution in [0.4, 0.5) is 11.4 Å². The van der Waals surface area contributed by atoms with Gasteiger partial charge >= 0.3 is 0 Å². The molecule has 0 fully saturated rings. The average Bonchev–Trinajstić information content (AvgIpc) is 2.42. The minimum atomic E-state index is -1.97. The molecule has 0 aromatic heterocycles. The fourth-order valence-corrected chi connectivity index (χ4v) is 4.25. The van der Waals surface area contributed by atoms with Gasteiger partial charge in [0.1, 0.15) is 5.75 Å². The lowest BCUT2D eigenvalue weighted by molar-refractivity contribution is -0.384. The molecule has 0 bridgehead atoms. The van der Waals surface area contributed by atoms with Crippen LogP contribution in [0.3, 0.4) is 0 Å². The number of hydrogen-bond donors (Lipinski definition) is 1. The number of non-ortho nitro benzene ring substituents is 1. The van der Waals surface area contributed by atoms with Crippen molar-refractivity contribution in [3.63, 3.8) is 0 Å². The first-order chi connectivity index (χ1) is 9.47. The predicted octanol–water partition coefficient (Wildman–Crippen LogP) is 4.23. The van der Waals surface area contributed by atoms with E-state index in [1.807, 2.05) is 19.1 Å². The van der Waals surface area contributed by atoms with Crippen molar-refractivity contribution in [3.8, 4) is 5.75 Å². The summed E-state index contributed by atoms with van der Waals surface area (Å²) in [5.74, 6) is 0.258.